The van der Waals surface area contributed by atoms with Gasteiger partial charge in [0.1, 0.15) is 23.9 Å². The molecule has 0 saturated carbocycles. The number of carbonyl (C=O) groups is 1. The van der Waals surface area contributed by atoms with Crippen molar-refractivity contribution in [2.45, 2.75) is 19.9 Å². The van der Waals surface area contributed by atoms with Crippen molar-refractivity contribution >= 4 is 28.7 Å². The first-order valence-corrected chi connectivity index (χ1v) is 11.8. The molecule has 4 aromatic rings. The highest BCUT2D eigenvalue weighted by molar-refractivity contribution is 6.32. The Morgan fingerprint density at radius 3 is 2.26 bits per heavy atom. The largest absolute Gasteiger partial charge is 0.573 e. The summed E-state index contributed by atoms with van der Waals surface area (Å²) in [4.78, 5) is 17.0. The summed E-state index contributed by atoms with van der Waals surface area (Å²) in [7, 11) is 0. The molecule has 0 unspecified atom stereocenters. The number of fused-ring (bicyclic) bond motifs is 1. The topological polar surface area (TPSA) is 87.1 Å². The summed E-state index contributed by atoms with van der Waals surface area (Å²) >= 11 is 6.32. The van der Waals surface area contributed by atoms with Crippen LogP contribution >= 0.6 is 11.6 Å². The van der Waals surface area contributed by atoms with Gasteiger partial charge in [0.15, 0.2) is 5.75 Å². The molecule has 39 heavy (non-hydrogen) atoms. The standard InChI is InChI=1S/C28H21ClF3NO6/c1-3-12-36-27(35)38-26-22-14-23(29)18(15-34)13-24(22)33-16(2)25(26)17-4-6-19(7-5-17)37-20-8-10-21(11-9-20)39-28(30,31)32/h3-11,13-14,34H,1,12,15H2,2H3. The Kier molecular flexibility index (Phi) is 8.27. The van der Waals surface area contributed by atoms with E-state index in [1.807, 2.05) is 0 Å². The third-order valence-corrected chi connectivity index (χ3v) is 5.75. The van der Waals surface area contributed by atoms with Gasteiger partial charge in [-0.25, -0.2) is 4.79 Å². The van der Waals surface area contributed by atoms with Gasteiger partial charge in [0.2, 0.25) is 0 Å². The lowest BCUT2D eigenvalue weighted by atomic mass is 9.99. The van der Waals surface area contributed by atoms with Gasteiger partial charge in [0.05, 0.1) is 12.1 Å². The first kappa shape index (κ1) is 27.7. The summed E-state index contributed by atoms with van der Waals surface area (Å²) in [5.41, 5.74) is 2.55. The van der Waals surface area contributed by atoms with Crippen molar-refractivity contribution in [2.24, 2.45) is 0 Å². The summed E-state index contributed by atoms with van der Waals surface area (Å²) < 4.78 is 57.3. The fourth-order valence-corrected chi connectivity index (χ4v) is 3.98. The zero-order valence-electron chi connectivity index (χ0n) is 20.4. The highest BCUT2D eigenvalue weighted by Gasteiger charge is 2.31. The van der Waals surface area contributed by atoms with Gasteiger partial charge < -0.3 is 24.1 Å². The van der Waals surface area contributed by atoms with E-state index in [0.29, 0.717) is 44.8 Å². The number of rotatable bonds is 8. The van der Waals surface area contributed by atoms with Crippen LogP contribution < -0.4 is 14.2 Å². The van der Waals surface area contributed by atoms with Crippen molar-refractivity contribution < 1.29 is 42.0 Å². The second kappa shape index (κ2) is 11.6. The maximum Gasteiger partial charge on any atom is 0.573 e. The minimum absolute atomic E-state index is 0.0546. The van der Waals surface area contributed by atoms with E-state index in [-0.39, 0.29) is 29.7 Å². The number of aliphatic hydroxyl groups excluding tert-OH is 1. The summed E-state index contributed by atoms with van der Waals surface area (Å²) in [6, 6.07) is 14.8. The van der Waals surface area contributed by atoms with Crippen LogP contribution in [0.25, 0.3) is 22.0 Å². The van der Waals surface area contributed by atoms with E-state index in [1.54, 1.807) is 43.3 Å². The van der Waals surface area contributed by atoms with E-state index >= 15 is 0 Å². The molecule has 3 aromatic carbocycles. The van der Waals surface area contributed by atoms with Crippen molar-refractivity contribution in [3.8, 4) is 34.1 Å². The Bertz CT molecular complexity index is 1510. The second-order valence-electron chi connectivity index (χ2n) is 8.12. The van der Waals surface area contributed by atoms with Crippen molar-refractivity contribution in [3.05, 3.63) is 89.6 Å². The Balaban J connectivity index is 1.68. The molecule has 0 aliphatic rings. The fourth-order valence-electron chi connectivity index (χ4n) is 3.76. The average Bonchev–Trinajstić information content (AvgIpc) is 2.88. The smallest absolute Gasteiger partial charge is 0.457 e. The maximum atomic E-state index is 12.4. The minimum atomic E-state index is -4.79. The van der Waals surface area contributed by atoms with Crippen molar-refractivity contribution in [1.82, 2.24) is 4.98 Å². The normalized spacial score (nSPS) is 11.2. The van der Waals surface area contributed by atoms with Gasteiger partial charge in [-0.1, -0.05) is 36.4 Å². The molecule has 7 nitrogen and oxygen atoms in total. The Morgan fingerprint density at radius 1 is 1.05 bits per heavy atom. The molecular formula is C28H21ClF3NO6. The molecule has 0 saturated heterocycles. The molecule has 0 aliphatic heterocycles. The fraction of sp³-hybridized carbons (Fsp3) is 0.143. The second-order valence-corrected chi connectivity index (χ2v) is 8.52. The van der Waals surface area contributed by atoms with E-state index in [4.69, 9.17) is 25.8 Å². The summed E-state index contributed by atoms with van der Waals surface area (Å²) in [5, 5.41) is 10.3. The number of nitrogens with zero attached hydrogens (tertiary/aromatic N) is 1. The van der Waals surface area contributed by atoms with E-state index in [0.717, 1.165) is 12.1 Å². The predicted octanol–water partition coefficient (Wildman–Crippen LogP) is 7.75. The molecule has 0 fully saturated rings. The zero-order valence-corrected chi connectivity index (χ0v) is 21.2. The number of ether oxygens (including phenoxy) is 4. The molecule has 1 N–H and O–H groups in total. The first-order valence-electron chi connectivity index (χ1n) is 11.4. The molecule has 11 heteroatoms. The molecule has 202 valence electrons. The van der Waals surface area contributed by atoms with Crippen LogP contribution in [0, 0.1) is 6.92 Å². The van der Waals surface area contributed by atoms with Crippen LogP contribution in [0.1, 0.15) is 11.3 Å². The quantitative estimate of drug-likeness (QED) is 0.174. The number of aryl methyl sites for hydroxylation is 1. The number of benzene rings is 3. The van der Waals surface area contributed by atoms with Crippen LogP contribution in [0.2, 0.25) is 5.02 Å². The molecule has 0 amide bonds. The molecular weight excluding hydrogens is 539 g/mol. The number of pyridine rings is 1. The van der Waals surface area contributed by atoms with Crippen molar-refractivity contribution in [3.63, 3.8) is 0 Å². The van der Waals surface area contributed by atoms with Crippen molar-refractivity contribution in [1.29, 1.82) is 0 Å². The monoisotopic (exact) mass is 559 g/mol. The van der Waals surface area contributed by atoms with Gasteiger partial charge in [-0.05, 0) is 66.6 Å². The summed E-state index contributed by atoms with van der Waals surface area (Å²) in [6.45, 7) is 4.89. The lowest BCUT2D eigenvalue weighted by molar-refractivity contribution is -0.274. The number of carbonyl (C=O) groups excluding carboxylic acids is 1. The number of hydrogen-bond acceptors (Lipinski definition) is 7. The van der Waals surface area contributed by atoms with Crippen LogP contribution in [-0.4, -0.2) is 29.2 Å². The Morgan fingerprint density at radius 2 is 1.67 bits per heavy atom. The molecule has 0 aliphatic carbocycles. The Labute approximate surface area is 226 Å². The van der Waals surface area contributed by atoms with Gasteiger partial charge in [0, 0.05) is 21.7 Å². The zero-order chi connectivity index (χ0) is 28.2. The number of hydrogen-bond donors (Lipinski definition) is 1. The number of halogens is 4. The van der Waals surface area contributed by atoms with E-state index in [9.17, 15) is 23.1 Å². The molecule has 4 rings (SSSR count). The lowest BCUT2D eigenvalue weighted by Gasteiger charge is -2.17. The first-order chi connectivity index (χ1) is 18.6. The van der Waals surface area contributed by atoms with Gasteiger partial charge in [-0.2, -0.15) is 0 Å². The van der Waals surface area contributed by atoms with Gasteiger partial charge in [-0.15, -0.1) is 13.2 Å². The van der Waals surface area contributed by atoms with E-state index in [1.165, 1.54) is 18.2 Å². The number of aromatic nitrogens is 1. The Hall–Kier alpha value is -4.28. The van der Waals surface area contributed by atoms with Crippen molar-refractivity contribution in [2.75, 3.05) is 6.61 Å². The van der Waals surface area contributed by atoms with Crippen LogP contribution in [0.4, 0.5) is 18.0 Å². The number of aliphatic hydroxyl groups is 1. The van der Waals surface area contributed by atoms with E-state index in [2.05, 4.69) is 16.3 Å². The highest BCUT2D eigenvalue weighted by atomic mass is 35.5. The molecule has 0 radical (unpaired) electrons. The van der Waals surface area contributed by atoms with Crippen LogP contribution in [-0.2, 0) is 11.3 Å². The van der Waals surface area contributed by atoms with Crippen LogP contribution in [0.5, 0.6) is 23.0 Å². The maximum absolute atomic E-state index is 12.4. The van der Waals surface area contributed by atoms with Gasteiger partial charge in [0.25, 0.3) is 0 Å². The van der Waals surface area contributed by atoms with Crippen LogP contribution in [0.15, 0.2) is 73.3 Å². The summed E-state index contributed by atoms with van der Waals surface area (Å²) in [5.74, 6) is 0.490. The SMILES string of the molecule is C=CCOC(=O)Oc1c(-c2ccc(Oc3ccc(OC(F)(F)F)cc3)cc2)c(C)nc2cc(CO)c(Cl)cc12. The molecule has 0 spiro atoms. The average molecular weight is 560 g/mol. The highest BCUT2D eigenvalue weighted by Crippen LogP contribution is 2.41. The number of alkyl halides is 3. The lowest BCUT2D eigenvalue weighted by Crippen LogP contribution is -2.16. The molecule has 1 aromatic heterocycles. The minimum Gasteiger partial charge on any atom is -0.457 e. The molecule has 0 atom stereocenters. The summed E-state index contributed by atoms with van der Waals surface area (Å²) in [6.07, 6.45) is -4.34. The van der Waals surface area contributed by atoms with Gasteiger partial charge in [-0.3, -0.25) is 4.98 Å². The molecule has 0 bridgehead atoms. The predicted molar refractivity (Wildman–Crippen MR) is 138 cm³/mol. The van der Waals surface area contributed by atoms with Gasteiger partial charge >= 0.3 is 12.5 Å². The van der Waals surface area contributed by atoms with E-state index < -0.39 is 12.5 Å². The third-order valence-electron chi connectivity index (χ3n) is 5.40. The molecule has 1 heterocycles. The third kappa shape index (κ3) is 6.78. The van der Waals surface area contributed by atoms with Crippen LogP contribution in [0.3, 0.4) is 0 Å².